The quantitative estimate of drug-likeness (QED) is 0.798. The van der Waals surface area contributed by atoms with Gasteiger partial charge in [-0.2, -0.15) is 11.8 Å². The summed E-state index contributed by atoms with van der Waals surface area (Å²) in [5.41, 5.74) is 0. The second-order valence-corrected chi connectivity index (χ2v) is 7.43. The molecule has 6 heteroatoms. The molecule has 2 heterocycles. The average Bonchev–Trinajstić information content (AvgIpc) is 3.22. The van der Waals surface area contributed by atoms with Gasteiger partial charge in [-0.15, -0.1) is 0 Å². The minimum Gasteiger partial charge on any atom is -0.467 e. The molecule has 1 spiro atoms. The average molecular weight is 339 g/mol. The Morgan fingerprint density at radius 3 is 2.74 bits per heavy atom. The molecule has 5 nitrogen and oxygen atoms in total. The van der Waals surface area contributed by atoms with Crippen molar-refractivity contribution in [2.75, 3.05) is 31.8 Å². The molecule has 0 bridgehead atoms. The van der Waals surface area contributed by atoms with Gasteiger partial charge in [-0.05, 0) is 36.6 Å². The van der Waals surface area contributed by atoms with Crippen LogP contribution in [0, 0.1) is 5.92 Å². The first kappa shape index (κ1) is 16.9. The lowest BCUT2D eigenvalue weighted by Gasteiger charge is -2.35. The fourth-order valence-corrected chi connectivity index (χ4v) is 4.40. The van der Waals surface area contributed by atoms with Gasteiger partial charge in [0, 0.05) is 19.9 Å². The van der Waals surface area contributed by atoms with Crippen LogP contribution in [0.1, 0.15) is 31.4 Å². The van der Waals surface area contributed by atoms with Crippen LogP contribution in [0.25, 0.3) is 0 Å². The molecular formula is C17H25NO4S. The van der Waals surface area contributed by atoms with Crippen molar-refractivity contribution in [2.24, 2.45) is 5.92 Å². The number of carbonyl (C=O) groups excluding carboxylic acids is 1. The van der Waals surface area contributed by atoms with Crippen LogP contribution in [0.4, 0.5) is 0 Å². The standard InChI is InChI=1S/C17H25NO4S/c1-18(11-15-3-2-8-20-15)16(19)13-23-12-14-4-6-17(7-5-14)21-9-10-22-17/h2-3,8,14H,4-7,9-13H2,1H3. The van der Waals surface area contributed by atoms with Crippen LogP contribution in [-0.2, 0) is 20.8 Å². The minimum absolute atomic E-state index is 0.154. The number of hydrogen-bond acceptors (Lipinski definition) is 5. The third kappa shape index (κ3) is 4.52. The molecule has 1 amide bonds. The summed E-state index contributed by atoms with van der Waals surface area (Å²) in [6, 6.07) is 3.73. The zero-order chi connectivity index (χ0) is 16.1. The first-order chi connectivity index (χ1) is 11.2. The molecule has 0 atom stereocenters. The number of ether oxygens (including phenoxy) is 2. The summed E-state index contributed by atoms with van der Waals surface area (Å²) in [7, 11) is 1.82. The molecule has 0 radical (unpaired) electrons. The molecule has 1 aromatic heterocycles. The second kappa shape index (κ2) is 7.73. The van der Waals surface area contributed by atoms with E-state index in [9.17, 15) is 4.79 Å². The third-order valence-corrected chi connectivity index (χ3v) is 5.82. The van der Waals surface area contributed by atoms with Gasteiger partial charge in [0.05, 0.1) is 31.8 Å². The highest BCUT2D eigenvalue weighted by atomic mass is 32.2. The van der Waals surface area contributed by atoms with Crippen molar-refractivity contribution in [1.29, 1.82) is 0 Å². The predicted octanol–water partition coefficient (Wildman–Crippen LogP) is 2.90. The molecule has 0 unspecified atom stereocenters. The van der Waals surface area contributed by atoms with E-state index in [1.165, 1.54) is 0 Å². The Labute approximate surface area is 141 Å². The molecule has 0 N–H and O–H groups in total. The first-order valence-electron chi connectivity index (χ1n) is 8.29. The molecule has 128 valence electrons. The van der Waals surface area contributed by atoms with E-state index in [4.69, 9.17) is 13.9 Å². The fourth-order valence-electron chi connectivity index (χ4n) is 3.22. The highest BCUT2D eigenvalue weighted by molar-refractivity contribution is 7.99. The third-order valence-electron chi connectivity index (χ3n) is 4.66. The normalized spacial score (nSPS) is 20.9. The van der Waals surface area contributed by atoms with E-state index in [2.05, 4.69) is 0 Å². The number of rotatable bonds is 6. The Kier molecular flexibility index (Phi) is 5.67. The molecule has 1 saturated heterocycles. The SMILES string of the molecule is CN(Cc1ccco1)C(=O)CSCC1CCC2(CC1)OCCO2. The lowest BCUT2D eigenvalue weighted by atomic mass is 9.86. The van der Waals surface area contributed by atoms with Crippen molar-refractivity contribution in [2.45, 2.75) is 38.0 Å². The van der Waals surface area contributed by atoms with Gasteiger partial charge >= 0.3 is 0 Å². The van der Waals surface area contributed by atoms with Gasteiger partial charge in [-0.1, -0.05) is 0 Å². The zero-order valence-electron chi connectivity index (χ0n) is 13.7. The maximum absolute atomic E-state index is 12.1. The Bertz CT molecular complexity index is 489. The molecule has 1 saturated carbocycles. The van der Waals surface area contributed by atoms with Crippen LogP contribution >= 0.6 is 11.8 Å². The predicted molar refractivity (Wildman–Crippen MR) is 89.1 cm³/mol. The molecule has 0 aromatic carbocycles. The topological polar surface area (TPSA) is 51.9 Å². The van der Waals surface area contributed by atoms with Crippen LogP contribution in [0.3, 0.4) is 0 Å². The van der Waals surface area contributed by atoms with Gasteiger partial charge in [0.15, 0.2) is 5.79 Å². The van der Waals surface area contributed by atoms with E-state index < -0.39 is 0 Å². The lowest BCUT2D eigenvalue weighted by Crippen LogP contribution is -2.35. The summed E-state index contributed by atoms with van der Waals surface area (Å²) < 4.78 is 16.8. The number of carbonyl (C=O) groups is 1. The summed E-state index contributed by atoms with van der Waals surface area (Å²) in [5, 5.41) is 0. The van der Waals surface area contributed by atoms with E-state index in [0.717, 1.165) is 50.4 Å². The number of thioether (sulfide) groups is 1. The van der Waals surface area contributed by atoms with Gasteiger partial charge in [0.2, 0.25) is 5.91 Å². The van der Waals surface area contributed by atoms with E-state index in [-0.39, 0.29) is 11.7 Å². The molecule has 23 heavy (non-hydrogen) atoms. The Morgan fingerprint density at radius 1 is 1.35 bits per heavy atom. The molecule has 3 rings (SSSR count). The fraction of sp³-hybridized carbons (Fsp3) is 0.706. The Hall–Kier alpha value is -0.980. The van der Waals surface area contributed by atoms with Crippen molar-refractivity contribution in [1.82, 2.24) is 4.90 Å². The number of furan rings is 1. The van der Waals surface area contributed by atoms with Crippen LogP contribution in [-0.4, -0.2) is 48.4 Å². The zero-order valence-corrected chi connectivity index (χ0v) is 14.5. The van der Waals surface area contributed by atoms with Gasteiger partial charge in [-0.3, -0.25) is 4.79 Å². The number of hydrogen-bond donors (Lipinski definition) is 0. The molecule has 2 aliphatic rings. The van der Waals surface area contributed by atoms with Crippen molar-refractivity contribution in [3.8, 4) is 0 Å². The lowest BCUT2D eigenvalue weighted by molar-refractivity contribution is -0.181. The molecule has 1 aliphatic carbocycles. The van der Waals surface area contributed by atoms with Gasteiger partial charge in [0.25, 0.3) is 0 Å². The Morgan fingerprint density at radius 2 is 2.09 bits per heavy atom. The largest absolute Gasteiger partial charge is 0.467 e. The smallest absolute Gasteiger partial charge is 0.232 e. The highest BCUT2D eigenvalue weighted by Crippen LogP contribution is 2.39. The van der Waals surface area contributed by atoms with Crippen molar-refractivity contribution in [3.05, 3.63) is 24.2 Å². The molecule has 2 fully saturated rings. The first-order valence-corrected chi connectivity index (χ1v) is 9.44. The molecule has 1 aliphatic heterocycles. The maximum atomic E-state index is 12.1. The minimum atomic E-state index is -0.278. The van der Waals surface area contributed by atoms with E-state index in [1.807, 2.05) is 19.2 Å². The van der Waals surface area contributed by atoms with Crippen LogP contribution in [0.15, 0.2) is 22.8 Å². The van der Waals surface area contributed by atoms with Crippen LogP contribution in [0.2, 0.25) is 0 Å². The monoisotopic (exact) mass is 339 g/mol. The summed E-state index contributed by atoms with van der Waals surface area (Å²) in [6.07, 6.45) is 5.87. The van der Waals surface area contributed by atoms with Crippen LogP contribution < -0.4 is 0 Å². The second-order valence-electron chi connectivity index (χ2n) is 6.40. The van der Waals surface area contributed by atoms with E-state index >= 15 is 0 Å². The summed E-state index contributed by atoms with van der Waals surface area (Å²) in [5.74, 6) is 2.94. The van der Waals surface area contributed by atoms with E-state index in [0.29, 0.717) is 18.2 Å². The van der Waals surface area contributed by atoms with E-state index in [1.54, 1.807) is 22.9 Å². The van der Waals surface area contributed by atoms with Gasteiger partial charge in [0.1, 0.15) is 5.76 Å². The summed E-state index contributed by atoms with van der Waals surface area (Å²) >= 11 is 1.74. The number of nitrogens with zero attached hydrogens (tertiary/aromatic N) is 1. The van der Waals surface area contributed by atoms with Crippen molar-refractivity contribution >= 4 is 17.7 Å². The van der Waals surface area contributed by atoms with Crippen molar-refractivity contribution in [3.63, 3.8) is 0 Å². The molecular weight excluding hydrogens is 314 g/mol. The van der Waals surface area contributed by atoms with Crippen LogP contribution in [0.5, 0.6) is 0 Å². The number of amides is 1. The van der Waals surface area contributed by atoms with Crippen molar-refractivity contribution < 1.29 is 18.7 Å². The summed E-state index contributed by atoms with van der Waals surface area (Å²) in [6.45, 7) is 2.00. The molecule has 1 aromatic rings. The maximum Gasteiger partial charge on any atom is 0.232 e. The van der Waals surface area contributed by atoms with Gasteiger partial charge in [-0.25, -0.2) is 0 Å². The van der Waals surface area contributed by atoms with Gasteiger partial charge < -0.3 is 18.8 Å². The summed E-state index contributed by atoms with van der Waals surface area (Å²) in [4.78, 5) is 13.9. The highest BCUT2D eigenvalue weighted by Gasteiger charge is 2.40. The Balaban J connectivity index is 1.32.